The van der Waals surface area contributed by atoms with Crippen LogP contribution in [0.1, 0.15) is 33.6 Å². The molecule has 0 saturated carbocycles. The molecule has 0 radical (unpaired) electrons. The van der Waals surface area contributed by atoms with E-state index in [0.717, 1.165) is 25.8 Å². The van der Waals surface area contributed by atoms with Crippen molar-refractivity contribution in [2.45, 2.75) is 39.7 Å². The van der Waals surface area contributed by atoms with Gasteiger partial charge in [-0.25, -0.2) is 0 Å². The van der Waals surface area contributed by atoms with E-state index in [1.165, 1.54) is 0 Å². The molecule has 1 amide bonds. The Kier molecular flexibility index (Phi) is 13.1. The third kappa shape index (κ3) is 11.4. The molecule has 0 heterocycles. The third-order valence-electron chi connectivity index (χ3n) is 1.72. The maximum atomic E-state index is 10.1. The van der Waals surface area contributed by atoms with Crippen molar-refractivity contribution in [3.05, 3.63) is 0 Å². The molecule has 80 valence electrons. The van der Waals surface area contributed by atoms with E-state index in [9.17, 15) is 4.79 Å². The van der Waals surface area contributed by atoms with E-state index in [1.807, 2.05) is 27.9 Å². The Balaban J connectivity index is 0. The van der Waals surface area contributed by atoms with Crippen LogP contribution in [0, 0.1) is 0 Å². The summed E-state index contributed by atoms with van der Waals surface area (Å²) in [7, 11) is 4.07. The van der Waals surface area contributed by atoms with Gasteiger partial charge in [0.2, 0.25) is 6.41 Å². The Hall–Kier alpha value is -0.570. The summed E-state index contributed by atoms with van der Waals surface area (Å²) >= 11 is 0. The average Bonchev–Trinajstić information content (AvgIpc) is 2.15. The van der Waals surface area contributed by atoms with Crippen molar-refractivity contribution in [1.29, 1.82) is 0 Å². The van der Waals surface area contributed by atoms with E-state index in [1.54, 1.807) is 0 Å². The van der Waals surface area contributed by atoms with Crippen LogP contribution in [0.25, 0.3) is 0 Å². The van der Waals surface area contributed by atoms with Crippen LogP contribution in [-0.2, 0) is 4.79 Å². The first-order valence-corrected chi connectivity index (χ1v) is 5.05. The largest absolute Gasteiger partial charge is 0.356 e. The van der Waals surface area contributed by atoms with Gasteiger partial charge < -0.3 is 10.2 Å². The molecule has 13 heavy (non-hydrogen) atoms. The van der Waals surface area contributed by atoms with Gasteiger partial charge in [0.25, 0.3) is 0 Å². The van der Waals surface area contributed by atoms with Gasteiger partial charge in [0.15, 0.2) is 0 Å². The summed E-state index contributed by atoms with van der Waals surface area (Å²) < 4.78 is 0. The van der Waals surface area contributed by atoms with Gasteiger partial charge in [0, 0.05) is 6.04 Å². The number of nitrogens with one attached hydrogen (secondary N) is 1. The van der Waals surface area contributed by atoms with Crippen molar-refractivity contribution in [3.8, 4) is 0 Å². The second-order valence-corrected chi connectivity index (χ2v) is 2.98. The Morgan fingerprint density at radius 3 is 2.23 bits per heavy atom. The second-order valence-electron chi connectivity index (χ2n) is 2.98. The molecule has 0 aliphatic heterocycles. The fraction of sp³-hybridized carbons (Fsp3) is 0.900. The van der Waals surface area contributed by atoms with Crippen LogP contribution in [0.3, 0.4) is 0 Å². The molecule has 0 spiro atoms. The maximum absolute atomic E-state index is 10.1. The number of amides is 1. The lowest BCUT2D eigenvalue weighted by molar-refractivity contribution is -0.110. The van der Waals surface area contributed by atoms with E-state index in [-0.39, 0.29) is 0 Å². The van der Waals surface area contributed by atoms with Crippen LogP contribution >= 0.6 is 0 Å². The normalized spacial score (nSPS) is 11.5. The molecule has 1 unspecified atom stereocenters. The van der Waals surface area contributed by atoms with E-state index < -0.39 is 0 Å². The molecule has 0 bridgehead atoms. The molecule has 0 saturated heterocycles. The molecule has 0 rings (SSSR count). The number of carbonyl (C=O) groups excluding carboxylic acids is 1. The minimum atomic E-state index is 0.342. The molecule has 0 aliphatic carbocycles. The zero-order valence-electron chi connectivity index (χ0n) is 9.63. The molecule has 3 nitrogen and oxygen atoms in total. The molecular weight excluding hydrogens is 164 g/mol. The minimum absolute atomic E-state index is 0.342. The third-order valence-corrected chi connectivity index (χ3v) is 1.72. The van der Waals surface area contributed by atoms with Crippen LogP contribution < -0.4 is 5.32 Å². The zero-order chi connectivity index (χ0) is 10.7. The van der Waals surface area contributed by atoms with Crippen LogP contribution in [-0.4, -0.2) is 38.0 Å². The summed E-state index contributed by atoms with van der Waals surface area (Å²) in [6.07, 6.45) is 2.82. The fourth-order valence-electron chi connectivity index (χ4n) is 0.916. The second kappa shape index (κ2) is 11.4. The fourth-order valence-corrected chi connectivity index (χ4v) is 0.916. The van der Waals surface area contributed by atoms with E-state index in [0.29, 0.717) is 6.04 Å². The van der Waals surface area contributed by atoms with E-state index in [4.69, 9.17) is 0 Å². The lowest BCUT2D eigenvalue weighted by Gasteiger charge is -2.16. The van der Waals surface area contributed by atoms with Gasteiger partial charge in [0.05, 0.1) is 0 Å². The summed E-state index contributed by atoms with van der Waals surface area (Å²) in [5, 5.41) is 2.78. The Labute approximate surface area is 82.5 Å². The molecular formula is C10H24N2O. The Morgan fingerprint density at radius 2 is 1.92 bits per heavy atom. The number of carbonyl (C=O) groups is 1. The predicted molar refractivity (Wildman–Crippen MR) is 57.8 cm³/mol. The number of nitrogens with zero attached hydrogens (tertiary/aromatic N) is 1. The first-order valence-electron chi connectivity index (χ1n) is 5.05. The average molecular weight is 188 g/mol. The molecule has 0 fully saturated rings. The van der Waals surface area contributed by atoms with Crippen molar-refractivity contribution < 1.29 is 4.79 Å². The molecule has 1 atom stereocenters. The molecule has 0 aromatic heterocycles. The van der Waals surface area contributed by atoms with Gasteiger partial charge >= 0.3 is 0 Å². The van der Waals surface area contributed by atoms with Crippen LogP contribution in [0.5, 0.6) is 0 Å². The van der Waals surface area contributed by atoms with Gasteiger partial charge in [0.1, 0.15) is 0 Å². The standard InChI is InChI=1S/C8H18N2O.C2H6/c1-4-8(9-7-11)5-6-10(2)3;1-2/h7-8H,4-6H2,1-3H3,(H,9,11);1-2H3. The van der Waals surface area contributed by atoms with Gasteiger partial charge in [-0.15, -0.1) is 0 Å². The van der Waals surface area contributed by atoms with Crippen molar-refractivity contribution in [2.75, 3.05) is 20.6 Å². The van der Waals surface area contributed by atoms with Crippen molar-refractivity contribution in [3.63, 3.8) is 0 Å². The Bertz CT molecular complexity index is 105. The quantitative estimate of drug-likeness (QED) is 0.640. The van der Waals surface area contributed by atoms with E-state index in [2.05, 4.69) is 17.1 Å². The first-order chi connectivity index (χ1) is 6.20. The minimum Gasteiger partial charge on any atom is -0.356 e. The number of hydrogen-bond acceptors (Lipinski definition) is 2. The highest BCUT2D eigenvalue weighted by molar-refractivity contribution is 5.46. The van der Waals surface area contributed by atoms with Gasteiger partial charge in [-0.3, -0.25) is 4.79 Å². The monoisotopic (exact) mass is 188 g/mol. The SMILES string of the molecule is CC.CCC(CCN(C)C)NC=O. The number of hydrogen-bond donors (Lipinski definition) is 1. The summed E-state index contributed by atoms with van der Waals surface area (Å²) in [6, 6.07) is 0.342. The highest BCUT2D eigenvalue weighted by atomic mass is 16.1. The van der Waals surface area contributed by atoms with Gasteiger partial charge in [-0.2, -0.15) is 0 Å². The van der Waals surface area contributed by atoms with Crippen molar-refractivity contribution in [2.24, 2.45) is 0 Å². The molecule has 0 aliphatic rings. The van der Waals surface area contributed by atoms with Crippen LogP contribution in [0.4, 0.5) is 0 Å². The lowest BCUT2D eigenvalue weighted by atomic mass is 10.1. The molecule has 0 aromatic carbocycles. The summed E-state index contributed by atoms with van der Waals surface area (Å²) in [4.78, 5) is 12.2. The molecule has 0 aromatic rings. The lowest BCUT2D eigenvalue weighted by Crippen LogP contribution is -2.30. The smallest absolute Gasteiger partial charge is 0.207 e. The van der Waals surface area contributed by atoms with Gasteiger partial charge in [-0.1, -0.05) is 20.8 Å². The Morgan fingerprint density at radius 1 is 1.38 bits per heavy atom. The molecule has 3 heteroatoms. The van der Waals surface area contributed by atoms with Crippen molar-refractivity contribution in [1.82, 2.24) is 10.2 Å². The molecule has 1 N–H and O–H groups in total. The van der Waals surface area contributed by atoms with Gasteiger partial charge in [-0.05, 0) is 33.5 Å². The van der Waals surface area contributed by atoms with Crippen LogP contribution in [0.2, 0.25) is 0 Å². The maximum Gasteiger partial charge on any atom is 0.207 e. The predicted octanol–water partition coefficient (Wildman–Crippen LogP) is 1.49. The van der Waals surface area contributed by atoms with Crippen LogP contribution in [0.15, 0.2) is 0 Å². The van der Waals surface area contributed by atoms with Crippen molar-refractivity contribution >= 4 is 6.41 Å². The summed E-state index contributed by atoms with van der Waals surface area (Å²) in [6.45, 7) is 7.11. The zero-order valence-corrected chi connectivity index (χ0v) is 9.63. The highest BCUT2D eigenvalue weighted by Gasteiger charge is 2.03. The van der Waals surface area contributed by atoms with E-state index >= 15 is 0 Å². The highest BCUT2D eigenvalue weighted by Crippen LogP contribution is 1.96. The topological polar surface area (TPSA) is 32.3 Å². The summed E-state index contributed by atoms with van der Waals surface area (Å²) in [5.41, 5.74) is 0. The number of rotatable bonds is 6. The summed E-state index contributed by atoms with van der Waals surface area (Å²) in [5.74, 6) is 0. The first kappa shape index (κ1) is 14.9.